The molecule has 0 atom stereocenters. The number of benzene rings is 3. The quantitative estimate of drug-likeness (QED) is 0.702. The number of piperazine rings is 1. The highest BCUT2D eigenvalue weighted by atomic mass is 16.5. The Morgan fingerprint density at radius 2 is 1.50 bits per heavy atom. The van der Waals surface area contributed by atoms with Gasteiger partial charge < -0.3 is 24.4 Å². The van der Waals surface area contributed by atoms with Crippen LogP contribution in [0.4, 0.5) is 0 Å². The minimum Gasteiger partial charge on any atom is -0.493 e. The van der Waals surface area contributed by atoms with E-state index in [0.717, 1.165) is 53.6 Å². The largest absolute Gasteiger partial charge is 0.493 e. The van der Waals surface area contributed by atoms with E-state index in [2.05, 4.69) is 5.32 Å². The van der Waals surface area contributed by atoms with Crippen LogP contribution in [0.2, 0.25) is 0 Å². The van der Waals surface area contributed by atoms with E-state index >= 15 is 0 Å². The van der Waals surface area contributed by atoms with Crippen LogP contribution in [0.15, 0.2) is 48.5 Å². The Balaban J connectivity index is 1.85. The van der Waals surface area contributed by atoms with E-state index < -0.39 is 0 Å². The van der Waals surface area contributed by atoms with Gasteiger partial charge in [0.1, 0.15) is 0 Å². The number of methoxy groups -OCH3 is 3. The van der Waals surface area contributed by atoms with E-state index in [-0.39, 0.29) is 5.91 Å². The lowest BCUT2D eigenvalue weighted by Gasteiger charge is -2.28. The highest BCUT2D eigenvalue weighted by Crippen LogP contribution is 2.43. The number of nitrogens with one attached hydrogen (secondary N) is 1. The minimum atomic E-state index is 0.0733. The monoisotopic (exact) mass is 406 g/mol. The molecule has 3 aromatic carbocycles. The topological polar surface area (TPSA) is 60.0 Å². The molecule has 1 fully saturated rings. The summed E-state index contributed by atoms with van der Waals surface area (Å²) >= 11 is 0. The predicted molar refractivity (Wildman–Crippen MR) is 118 cm³/mol. The molecule has 0 radical (unpaired) electrons. The lowest BCUT2D eigenvalue weighted by molar-refractivity contribution is 0.0738. The lowest BCUT2D eigenvalue weighted by Crippen LogP contribution is -2.46. The maximum Gasteiger partial charge on any atom is 0.254 e. The Labute approximate surface area is 176 Å². The Morgan fingerprint density at radius 3 is 2.10 bits per heavy atom. The zero-order valence-electron chi connectivity index (χ0n) is 17.5. The number of hydrogen-bond acceptors (Lipinski definition) is 5. The molecule has 6 heteroatoms. The normalized spacial score (nSPS) is 13.9. The highest BCUT2D eigenvalue weighted by molar-refractivity contribution is 6.11. The molecule has 3 aromatic rings. The number of rotatable bonds is 5. The first-order chi connectivity index (χ1) is 14.7. The van der Waals surface area contributed by atoms with E-state index in [1.807, 2.05) is 53.4 Å². The van der Waals surface area contributed by atoms with Gasteiger partial charge in [-0.25, -0.2) is 0 Å². The molecule has 1 heterocycles. The van der Waals surface area contributed by atoms with Crippen LogP contribution in [0.25, 0.3) is 21.9 Å². The van der Waals surface area contributed by atoms with Crippen molar-refractivity contribution in [2.45, 2.75) is 0 Å². The Kier molecular flexibility index (Phi) is 5.77. The summed E-state index contributed by atoms with van der Waals surface area (Å²) in [6, 6.07) is 15.8. The third-order valence-corrected chi connectivity index (χ3v) is 5.53. The zero-order valence-corrected chi connectivity index (χ0v) is 17.5. The van der Waals surface area contributed by atoms with Crippen LogP contribution in [0.5, 0.6) is 17.2 Å². The van der Waals surface area contributed by atoms with E-state index in [4.69, 9.17) is 14.2 Å². The summed E-state index contributed by atoms with van der Waals surface area (Å²) in [5.74, 6) is 1.82. The molecule has 0 unspecified atom stereocenters. The van der Waals surface area contributed by atoms with Crippen molar-refractivity contribution >= 4 is 16.7 Å². The van der Waals surface area contributed by atoms with Gasteiger partial charge in [-0.15, -0.1) is 0 Å². The summed E-state index contributed by atoms with van der Waals surface area (Å²) < 4.78 is 16.5. The summed E-state index contributed by atoms with van der Waals surface area (Å²) in [6.07, 6.45) is 0. The fraction of sp³-hybridized carbons (Fsp3) is 0.292. The van der Waals surface area contributed by atoms with Gasteiger partial charge in [-0.2, -0.15) is 0 Å². The third kappa shape index (κ3) is 3.55. The third-order valence-electron chi connectivity index (χ3n) is 5.53. The second-order valence-electron chi connectivity index (χ2n) is 7.16. The van der Waals surface area contributed by atoms with E-state index in [9.17, 15) is 4.79 Å². The van der Waals surface area contributed by atoms with Gasteiger partial charge in [-0.05, 0) is 40.1 Å². The summed E-state index contributed by atoms with van der Waals surface area (Å²) in [7, 11) is 4.80. The maximum absolute atomic E-state index is 13.2. The van der Waals surface area contributed by atoms with Crippen molar-refractivity contribution in [1.29, 1.82) is 0 Å². The summed E-state index contributed by atoms with van der Waals surface area (Å²) in [5.41, 5.74) is 2.66. The first-order valence-electron chi connectivity index (χ1n) is 10.00. The number of nitrogens with zero attached hydrogens (tertiary/aromatic N) is 1. The molecule has 1 aliphatic heterocycles. The molecule has 6 nitrogen and oxygen atoms in total. The summed E-state index contributed by atoms with van der Waals surface area (Å²) in [5, 5.41) is 5.24. The molecule has 4 rings (SSSR count). The van der Waals surface area contributed by atoms with Gasteiger partial charge in [0.15, 0.2) is 11.5 Å². The van der Waals surface area contributed by atoms with Crippen molar-refractivity contribution in [3.05, 3.63) is 54.1 Å². The zero-order chi connectivity index (χ0) is 21.1. The first-order valence-corrected chi connectivity index (χ1v) is 10.00. The second kappa shape index (κ2) is 8.63. The van der Waals surface area contributed by atoms with Crippen molar-refractivity contribution < 1.29 is 19.0 Å². The molecule has 0 aromatic heterocycles. The molecule has 1 aliphatic rings. The maximum atomic E-state index is 13.2. The number of hydrogen-bond donors (Lipinski definition) is 1. The van der Waals surface area contributed by atoms with Gasteiger partial charge in [-0.3, -0.25) is 4.79 Å². The van der Waals surface area contributed by atoms with Crippen LogP contribution >= 0.6 is 0 Å². The molecule has 0 spiro atoms. The molecule has 0 bridgehead atoms. The van der Waals surface area contributed by atoms with Crippen LogP contribution in [-0.2, 0) is 0 Å². The van der Waals surface area contributed by atoms with Crippen molar-refractivity contribution in [2.75, 3.05) is 47.5 Å². The Morgan fingerprint density at radius 1 is 0.867 bits per heavy atom. The molecule has 30 heavy (non-hydrogen) atoms. The SMILES string of the molecule is COc1cc(-c2ccc(C(=O)N3CCNCC3)c3ccccc23)cc(OC)c1OC. The van der Waals surface area contributed by atoms with Gasteiger partial charge in [0.2, 0.25) is 5.75 Å². The average molecular weight is 406 g/mol. The van der Waals surface area contributed by atoms with Gasteiger partial charge in [-0.1, -0.05) is 30.3 Å². The summed E-state index contributed by atoms with van der Waals surface area (Å²) in [6.45, 7) is 3.10. The number of carbonyl (C=O) groups excluding carboxylic acids is 1. The fourth-order valence-corrected chi connectivity index (χ4v) is 4.01. The molecule has 1 N–H and O–H groups in total. The number of amides is 1. The molecule has 1 saturated heterocycles. The lowest BCUT2D eigenvalue weighted by atomic mass is 9.94. The van der Waals surface area contributed by atoms with Crippen LogP contribution in [0, 0.1) is 0 Å². The molecular formula is C24H26N2O4. The smallest absolute Gasteiger partial charge is 0.254 e. The van der Waals surface area contributed by atoms with Gasteiger partial charge in [0.05, 0.1) is 21.3 Å². The minimum absolute atomic E-state index is 0.0733. The van der Waals surface area contributed by atoms with E-state index in [1.165, 1.54) is 0 Å². The fourth-order valence-electron chi connectivity index (χ4n) is 4.01. The summed E-state index contributed by atoms with van der Waals surface area (Å²) in [4.78, 5) is 15.1. The van der Waals surface area contributed by atoms with E-state index in [0.29, 0.717) is 17.2 Å². The second-order valence-corrected chi connectivity index (χ2v) is 7.16. The molecule has 0 aliphatic carbocycles. The van der Waals surface area contributed by atoms with Crippen molar-refractivity contribution in [3.63, 3.8) is 0 Å². The van der Waals surface area contributed by atoms with Crippen LogP contribution < -0.4 is 19.5 Å². The Bertz CT molecular complexity index is 1050. The highest BCUT2D eigenvalue weighted by Gasteiger charge is 2.21. The van der Waals surface area contributed by atoms with Crippen LogP contribution in [0.3, 0.4) is 0 Å². The molecular weight excluding hydrogens is 380 g/mol. The van der Waals surface area contributed by atoms with Crippen LogP contribution in [-0.4, -0.2) is 58.3 Å². The van der Waals surface area contributed by atoms with Gasteiger partial charge in [0.25, 0.3) is 5.91 Å². The van der Waals surface area contributed by atoms with Crippen LogP contribution in [0.1, 0.15) is 10.4 Å². The number of fused-ring (bicyclic) bond motifs is 1. The molecule has 0 saturated carbocycles. The van der Waals surface area contributed by atoms with Crippen molar-refractivity contribution in [1.82, 2.24) is 10.2 Å². The van der Waals surface area contributed by atoms with Crippen molar-refractivity contribution in [3.8, 4) is 28.4 Å². The number of ether oxygens (including phenoxy) is 3. The first kappa shape index (κ1) is 20.0. The Hall–Kier alpha value is -3.25. The molecule has 156 valence electrons. The average Bonchev–Trinajstić information content (AvgIpc) is 2.82. The predicted octanol–water partition coefficient (Wildman–Crippen LogP) is 3.58. The molecule has 1 amide bonds. The van der Waals surface area contributed by atoms with Gasteiger partial charge in [0, 0.05) is 31.7 Å². The van der Waals surface area contributed by atoms with Gasteiger partial charge >= 0.3 is 0 Å². The number of carbonyl (C=O) groups is 1. The standard InChI is InChI=1S/C24H26N2O4/c1-28-21-14-16(15-22(29-2)23(21)30-3)17-8-9-20(19-7-5-4-6-18(17)19)24(27)26-12-10-25-11-13-26/h4-9,14-15,25H,10-13H2,1-3H3. The van der Waals surface area contributed by atoms with E-state index in [1.54, 1.807) is 21.3 Å². The van der Waals surface area contributed by atoms with Crippen molar-refractivity contribution in [2.24, 2.45) is 0 Å².